The number of amides is 5. The van der Waals surface area contributed by atoms with Crippen LogP contribution in [0.4, 0.5) is 4.79 Å². The van der Waals surface area contributed by atoms with Crippen molar-refractivity contribution in [2.45, 2.75) is 161 Å². The molecule has 2 saturated heterocycles. The summed E-state index contributed by atoms with van der Waals surface area (Å²) >= 11 is 0. The molecule has 1 aromatic carbocycles. The Morgan fingerprint density at radius 2 is 1.64 bits per heavy atom. The van der Waals surface area contributed by atoms with E-state index >= 15 is 0 Å². The number of unbranched alkanes of at least 4 members (excludes halogenated alkanes) is 1. The first-order chi connectivity index (χ1) is 28.1. The molecule has 14 heteroatoms. The van der Waals surface area contributed by atoms with Crippen LogP contribution in [0.3, 0.4) is 0 Å². The van der Waals surface area contributed by atoms with Gasteiger partial charge in [0.15, 0.2) is 0 Å². The molecule has 4 rings (SSSR count). The summed E-state index contributed by atoms with van der Waals surface area (Å²) in [6.45, 7) is 14.2. The normalized spacial score (nSPS) is 24.1. The molecular formula is C45H73N5O9. The Morgan fingerprint density at radius 3 is 2.25 bits per heavy atom. The number of benzene rings is 1. The molecule has 2 aliphatic heterocycles. The maximum Gasteiger partial charge on any atom is 0.410 e. The number of nitrogens with one attached hydrogen (secondary N) is 2. The predicted molar refractivity (Wildman–Crippen MR) is 225 cm³/mol. The van der Waals surface area contributed by atoms with E-state index in [0.29, 0.717) is 31.6 Å². The van der Waals surface area contributed by atoms with Gasteiger partial charge < -0.3 is 39.8 Å². The molecule has 3 fully saturated rings. The number of likely N-dealkylation sites (N-methyl/N-ethyl adjacent to an activating group) is 1. The molecule has 0 radical (unpaired) electrons. The average Bonchev–Trinajstić information content (AvgIpc) is 4.00. The van der Waals surface area contributed by atoms with Gasteiger partial charge in [-0.3, -0.25) is 24.1 Å². The minimum atomic E-state index is -0.891. The molecule has 1 aromatic rings. The van der Waals surface area contributed by atoms with Gasteiger partial charge in [0.05, 0.1) is 55.4 Å². The lowest BCUT2D eigenvalue weighted by Gasteiger charge is -2.41. The summed E-state index contributed by atoms with van der Waals surface area (Å²) in [6.07, 6.45) is 3.52. The van der Waals surface area contributed by atoms with Gasteiger partial charge in [0.2, 0.25) is 23.6 Å². The first kappa shape index (κ1) is 47.9. The summed E-state index contributed by atoms with van der Waals surface area (Å²) < 4.78 is 17.5. The molecule has 0 spiro atoms. The topological polar surface area (TPSA) is 167 Å². The number of ether oxygens (including phenoxy) is 3. The molecule has 59 heavy (non-hydrogen) atoms. The van der Waals surface area contributed by atoms with Crippen LogP contribution in [0.2, 0.25) is 0 Å². The number of hydrogen-bond donors (Lipinski definition) is 3. The van der Waals surface area contributed by atoms with Crippen molar-refractivity contribution in [3.05, 3.63) is 35.9 Å². The number of fused-ring (bicyclic) bond motifs is 2. The predicted octanol–water partition coefficient (Wildman–Crippen LogP) is 5.08. The van der Waals surface area contributed by atoms with Gasteiger partial charge in [-0.05, 0) is 68.8 Å². The summed E-state index contributed by atoms with van der Waals surface area (Å²) in [4.78, 5) is 74.6. The van der Waals surface area contributed by atoms with E-state index in [0.717, 1.165) is 38.5 Å². The summed E-state index contributed by atoms with van der Waals surface area (Å²) in [5.41, 5.74) is 0.702. The molecular weight excluding hydrogens is 755 g/mol. The van der Waals surface area contributed by atoms with E-state index in [4.69, 9.17) is 14.2 Å². The van der Waals surface area contributed by atoms with Crippen LogP contribution < -0.4 is 10.6 Å². The molecule has 332 valence electrons. The van der Waals surface area contributed by atoms with Crippen LogP contribution in [0.1, 0.15) is 118 Å². The van der Waals surface area contributed by atoms with E-state index in [1.807, 2.05) is 65.0 Å². The summed E-state index contributed by atoms with van der Waals surface area (Å²) in [5.74, 6) is -2.03. The van der Waals surface area contributed by atoms with Crippen LogP contribution in [-0.4, -0.2) is 132 Å². The van der Waals surface area contributed by atoms with Crippen LogP contribution in [0.15, 0.2) is 30.3 Å². The standard InChI is InChI=1S/C45H73N5O9/c1-11-13-24-59-45(56)50-33-22-21-32(25-33)39(50)43(54)47-37(27(3)4)44(55)48(8)38(28(5)12-2)35(57-9)26-36(51)49-23-17-20-34(49)41(58-10)29(6)42(53)46-30(7)40(52)31-18-15-14-16-19-31/h14-16,18-19,27-30,32-35,37-41,52H,11-13,17,20-26H2,1-10H3,(H,46,53)(H,47,54)/t28-,29+,30+,32?,33?,34-,35-,37-,38-,39?,40-,41+/m0/s1. The van der Waals surface area contributed by atoms with Crippen molar-refractivity contribution < 1.29 is 43.3 Å². The largest absolute Gasteiger partial charge is 0.449 e. The number of methoxy groups -OCH3 is 2. The van der Waals surface area contributed by atoms with E-state index in [1.165, 1.54) is 0 Å². The number of carbonyl (C=O) groups excluding carboxylic acids is 5. The molecule has 2 bridgehead atoms. The van der Waals surface area contributed by atoms with Gasteiger partial charge in [-0.1, -0.05) is 84.7 Å². The smallest absolute Gasteiger partial charge is 0.410 e. The first-order valence-corrected chi connectivity index (χ1v) is 22.0. The SMILES string of the molecule is CCCCOC(=O)N1C2CCC(C2)C1C(=O)N[C@H](C(=O)N(C)[C@H]([C@H](CC(=O)N1CCC[C@H]1[C@H](OC)[C@@H](C)C(=O)N[C@H](C)[C@H](O)c1ccccc1)OC)[C@@H](C)CC)C(C)C. The average molecular weight is 828 g/mol. The van der Waals surface area contributed by atoms with Crippen molar-refractivity contribution in [1.82, 2.24) is 25.3 Å². The Kier molecular flexibility index (Phi) is 18.0. The van der Waals surface area contributed by atoms with Gasteiger partial charge in [-0.2, -0.15) is 0 Å². The Hall–Kier alpha value is -3.75. The van der Waals surface area contributed by atoms with E-state index in [1.54, 1.807) is 49.8 Å². The van der Waals surface area contributed by atoms with E-state index < -0.39 is 54.5 Å². The lowest BCUT2D eigenvalue weighted by molar-refractivity contribution is -0.148. The van der Waals surface area contributed by atoms with E-state index in [2.05, 4.69) is 10.6 Å². The highest BCUT2D eigenvalue weighted by molar-refractivity contribution is 5.92. The molecule has 5 amide bonds. The van der Waals surface area contributed by atoms with Gasteiger partial charge >= 0.3 is 6.09 Å². The van der Waals surface area contributed by atoms with Gasteiger partial charge in [0.25, 0.3) is 0 Å². The van der Waals surface area contributed by atoms with Crippen molar-refractivity contribution in [2.75, 3.05) is 34.4 Å². The fraction of sp³-hybridized carbons (Fsp3) is 0.756. The molecule has 2 heterocycles. The lowest BCUT2D eigenvalue weighted by atomic mass is 9.89. The van der Waals surface area contributed by atoms with Gasteiger partial charge in [-0.15, -0.1) is 0 Å². The second-order valence-electron chi connectivity index (χ2n) is 17.5. The highest BCUT2D eigenvalue weighted by Gasteiger charge is 2.53. The molecule has 3 N–H and O–H groups in total. The number of aliphatic hydroxyl groups excluding tert-OH is 1. The van der Waals surface area contributed by atoms with Crippen molar-refractivity contribution in [2.24, 2.45) is 23.7 Å². The van der Waals surface area contributed by atoms with Crippen LogP contribution in [0.25, 0.3) is 0 Å². The summed E-state index contributed by atoms with van der Waals surface area (Å²) in [7, 11) is 4.81. The zero-order valence-electron chi connectivity index (χ0n) is 37.2. The Morgan fingerprint density at radius 1 is 0.949 bits per heavy atom. The molecule has 14 nitrogen and oxygen atoms in total. The Balaban J connectivity index is 1.46. The van der Waals surface area contributed by atoms with Crippen LogP contribution in [0, 0.1) is 23.7 Å². The number of hydrogen-bond acceptors (Lipinski definition) is 9. The van der Waals surface area contributed by atoms with Crippen molar-refractivity contribution in [3.8, 4) is 0 Å². The zero-order valence-corrected chi connectivity index (χ0v) is 37.2. The van der Waals surface area contributed by atoms with Crippen LogP contribution in [-0.2, 0) is 33.4 Å². The van der Waals surface area contributed by atoms with E-state index in [-0.39, 0.29) is 59.9 Å². The molecule has 12 atom stereocenters. The van der Waals surface area contributed by atoms with Crippen molar-refractivity contribution >= 4 is 29.7 Å². The van der Waals surface area contributed by atoms with Crippen molar-refractivity contribution in [3.63, 3.8) is 0 Å². The quantitative estimate of drug-likeness (QED) is 0.143. The zero-order chi connectivity index (χ0) is 43.6. The van der Waals surface area contributed by atoms with Crippen LogP contribution in [0.5, 0.6) is 0 Å². The second-order valence-corrected chi connectivity index (χ2v) is 17.5. The summed E-state index contributed by atoms with van der Waals surface area (Å²) in [5, 5.41) is 16.9. The minimum Gasteiger partial charge on any atom is -0.449 e. The molecule has 3 unspecified atom stereocenters. The second kappa shape index (κ2) is 22.2. The number of nitrogens with zero attached hydrogens (tertiary/aromatic N) is 3. The number of piperidine rings is 1. The van der Waals surface area contributed by atoms with Gasteiger partial charge in [-0.25, -0.2) is 4.79 Å². The third kappa shape index (κ3) is 11.3. The van der Waals surface area contributed by atoms with Crippen molar-refractivity contribution in [1.29, 1.82) is 0 Å². The first-order valence-electron chi connectivity index (χ1n) is 22.0. The number of aliphatic hydroxyl groups is 1. The fourth-order valence-electron chi connectivity index (χ4n) is 9.62. The third-order valence-corrected chi connectivity index (χ3v) is 13.3. The Labute approximate surface area is 352 Å². The number of carbonyl (C=O) groups is 5. The molecule has 1 aliphatic carbocycles. The fourth-order valence-corrected chi connectivity index (χ4v) is 9.62. The summed E-state index contributed by atoms with van der Waals surface area (Å²) in [6, 6.07) is 6.12. The number of rotatable bonds is 21. The Bertz CT molecular complexity index is 1550. The minimum absolute atomic E-state index is 0.00408. The van der Waals surface area contributed by atoms with Gasteiger partial charge in [0.1, 0.15) is 12.1 Å². The van der Waals surface area contributed by atoms with Gasteiger partial charge in [0, 0.05) is 33.9 Å². The maximum absolute atomic E-state index is 14.5. The molecule has 0 aromatic heterocycles. The van der Waals surface area contributed by atoms with E-state index in [9.17, 15) is 29.1 Å². The monoisotopic (exact) mass is 828 g/mol. The molecule has 1 saturated carbocycles. The lowest BCUT2D eigenvalue weighted by Crippen LogP contribution is -2.60. The van der Waals surface area contributed by atoms with Crippen LogP contribution >= 0.6 is 0 Å². The maximum atomic E-state index is 14.5. The molecule has 3 aliphatic rings. The number of likely N-dealkylation sites (tertiary alicyclic amines) is 2. The third-order valence-electron chi connectivity index (χ3n) is 13.3. The highest BCUT2D eigenvalue weighted by Crippen LogP contribution is 2.43. The highest BCUT2D eigenvalue weighted by atomic mass is 16.6.